The highest BCUT2D eigenvalue weighted by atomic mass is 35.5. The number of aryl methyl sites for hydroxylation is 1. The number of unbranched alkanes of at least 4 members (excludes halogenated alkanes) is 1. The zero-order chi connectivity index (χ0) is 19.9. The molecule has 0 unspecified atom stereocenters. The fourth-order valence-corrected chi connectivity index (χ4v) is 3.06. The molecule has 0 fully saturated rings. The second kappa shape index (κ2) is 9.58. The Morgan fingerprint density at radius 2 is 1.89 bits per heavy atom. The number of nitrogens with zero attached hydrogens (tertiary/aromatic N) is 1. The average Bonchev–Trinajstić information content (AvgIpc) is 3.17. The van der Waals surface area contributed by atoms with E-state index in [-0.39, 0.29) is 5.91 Å². The van der Waals surface area contributed by atoms with Gasteiger partial charge in [-0.2, -0.15) is 5.10 Å². The maximum Gasteiger partial charge on any atom is 0.271 e. The van der Waals surface area contributed by atoms with Crippen molar-refractivity contribution in [2.75, 3.05) is 0 Å². The van der Waals surface area contributed by atoms with Crippen LogP contribution in [0.4, 0.5) is 0 Å². The molecule has 0 aliphatic rings. The molecule has 0 radical (unpaired) electrons. The highest BCUT2D eigenvalue weighted by Gasteiger charge is 2.09. The number of rotatable bonds is 7. The Balaban J connectivity index is 1.61. The van der Waals surface area contributed by atoms with E-state index in [1.54, 1.807) is 30.3 Å². The molecule has 3 aromatic rings. The second-order valence-electron chi connectivity index (χ2n) is 6.33. The number of carbonyl (C=O) groups is 1. The predicted molar refractivity (Wildman–Crippen MR) is 114 cm³/mol. The molecule has 0 saturated heterocycles. The minimum Gasteiger partial charge on any atom is -0.455 e. The van der Waals surface area contributed by atoms with Gasteiger partial charge in [-0.05, 0) is 60.9 Å². The van der Waals surface area contributed by atoms with Crippen LogP contribution in [0.3, 0.4) is 0 Å². The van der Waals surface area contributed by atoms with Gasteiger partial charge in [-0.15, -0.1) is 0 Å². The third-order valence-electron chi connectivity index (χ3n) is 4.21. The molecule has 0 atom stereocenters. The Kier molecular flexibility index (Phi) is 6.90. The molecular formula is C22H20Cl2N2O2. The second-order valence-corrected chi connectivity index (χ2v) is 7.17. The van der Waals surface area contributed by atoms with Gasteiger partial charge in [0, 0.05) is 16.1 Å². The molecule has 1 N–H and O–H groups in total. The summed E-state index contributed by atoms with van der Waals surface area (Å²) in [5.74, 6) is 0.784. The van der Waals surface area contributed by atoms with Crippen LogP contribution in [0, 0.1) is 0 Å². The van der Waals surface area contributed by atoms with Crippen LogP contribution in [0.15, 0.2) is 64.1 Å². The summed E-state index contributed by atoms with van der Waals surface area (Å²) in [6.07, 6.45) is 4.75. The van der Waals surface area contributed by atoms with Crippen LogP contribution in [-0.4, -0.2) is 12.1 Å². The summed E-state index contributed by atoms with van der Waals surface area (Å²) in [5, 5.41) is 5.07. The van der Waals surface area contributed by atoms with Gasteiger partial charge in [0.2, 0.25) is 0 Å². The van der Waals surface area contributed by atoms with Crippen LogP contribution < -0.4 is 5.43 Å². The first kappa shape index (κ1) is 20.2. The molecule has 144 valence electrons. The van der Waals surface area contributed by atoms with Crippen molar-refractivity contribution in [1.29, 1.82) is 0 Å². The van der Waals surface area contributed by atoms with Crippen LogP contribution in [-0.2, 0) is 6.42 Å². The first-order chi connectivity index (χ1) is 13.6. The van der Waals surface area contributed by atoms with Crippen molar-refractivity contribution in [2.24, 2.45) is 5.10 Å². The number of furan rings is 1. The van der Waals surface area contributed by atoms with E-state index in [4.69, 9.17) is 27.6 Å². The van der Waals surface area contributed by atoms with Crippen molar-refractivity contribution in [1.82, 2.24) is 5.43 Å². The lowest BCUT2D eigenvalue weighted by atomic mass is 10.1. The van der Waals surface area contributed by atoms with Crippen molar-refractivity contribution in [3.8, 4) is 11.3 Å². The topological polar surface area (TPSA) is 54.6 Å². The molecule has 0 spiro atoms. The predicted octanol–water partition coefficient (Wildman–Crippen LogP) is 6.36. The summed E-state index contributed by atoms with van der Waals surface area (Å²) in [7, 11) is 0. The highest BCUT2D eigenvalue weighted by molar-refractivity contribution is 6.35. The van der Waals surface area contributed by atoms with E-state index in [9.17, 15) is 4.79 Å². The van der Waals surface area contributed by atoms with E-state index in [0.717, 1.165) is 19.3 Å². The molecule has 2 aromatic carbocycles. The molecule has 0 aliphatic carbocycles. The Labute approximate surface area is 174 Å². The van der Waals surface area contributed by atoms with Gasteiger partial charge in [-0.25, -0.2) is 5.43 Å². The smallest absolute Gasteiger partial charge is 0.271 e. The molecule has 28 heavy (non-hydrogen) atoms. The molecule has 6 heteroatoms. The Morgan fingerprint density at radius 3 is 2.64 bits per heavy atom. The van der Waals surface area contributed by atoms with Crippen LogP contribution in [0.1, 0.15) is 41.4 Å². The highest BCUT2D eigenvalue weighted by Crippen LogP contribution is 2.31. The number of hydrogen-bond acceptors (Lipinski definition) is 3. The van der Waals surface area contributed by atoms with Gasteiger partial charge < -0.3 is 4.42 Å². The molecule has 0 bridgehead atoms. The number of carbonyl (C=O) groups excluding carboxylic acids is 1. The van der Waals surface area contributed by atoms with Crippen LogP contribution >= 0.6 is 23.2 Å². The van der Waals surface area contributed by atoms with E-state index < -0.39 is 0 Å². The van der Waals surface area contributed by atoms with Gasteiger partial charge in [0.05, 0.1) is 11.2 Å². The SMILES string of the molecule is CCCCc1ccc(C(=O)N/N=C/c2ccc(-c3cc(Cl)ccc3Cl)o2)cc1. The summed E-state index contributed by atoms with van der Waals surface area (Å²) in [6, 6.07) is 16.2. The number of hydrogen-bond donors (Lipinski definition) is 1. The minimum absolute atomic E-state index is 0.275. The quantitative estimate of drug-likeness (QED) is 0.361. The van der Waals surface area contributed by atoms with Crippen molar-refractivity contribution in [2.45, 2.75) is 26.2 Å². The third-order valence-corrected chi connectivity index (χ3v) is 4.78. The number of halogens is 2. The first-order valence-corrected chi connectivity index (χ1v) is 9.80. The summed E-state index contributed by atoms with van der Waals surface area (Å²) in [5.41, 5.74) is 4.98. The van der Waals surface area contributed by atoms with Gasteiger partial charge in [-0.1, -0.05) is 48.7 Å². The summed E-state index contributed by atoms with van der Waals surface area (Å²) in [6.45, 7) is 2.16. The monoisotopic (exact) mass is 414 g/mol. The molecule has 1 aromatic heterocycles. The van der Waals surface area contributed by atoms with Crippen molar-refractivity contribution in [3.05, 3.63) is 81.5 Å². The van der Waals surface area contributed by atoms with Crippen LogP contribution in [0.25, 0.3) is 11.3 Å². The number of amides is 1. The molecular weight excluding hydrogens is 395 g/mol. The average molecular weight is 415 g/mol. The molecule has 0 aliphatic heterocycles. The van der Waals surface area contributed by atoms with Crippen molar-refractivity contribution >= 4 is 35.3 Å². The standard InChI is InChI=1S/C22H20Cl2N2O2/c1-2-3-4-15-5-7-16(8-6-15)22(27)26-25-14-18-10-12-21(28-18)19-13-17(23)9-11-20(19)24/h5-14H,2-4H2,1H3,(H,26,27)/b25-14+. The van der Waals surface area contributed by atoms with Crippen LogP contribution in [0.5, 0.6) is 0 Å². The van der Waals surface area contributed by atoms with E-state index in [1.807, 2.05) is 24.3 Å². The first-order valence-electron chi connectivity index (χ1n) is 9.04. The zero-order valence-electron chi connectivity index (χ0n) is 15.4. The molecule has 0 saturated carbocycles. The third kappa shape index (κ3) is 5.24. The van der Waals surface area contributed by atoms with Gasteiger partial charge in [0.25, 0.3) is 5.91 Å². The molecule has 1 amide bonds. The fraction of sp³-hybridized carbons (Fsp3) is 0.182. The minimum atomic E-state index is -0.275. The van der Waals surface area contributed by atoms with Gasteiger partial charge >= 0.3 is 0 Å². The Bertz CT molecular complexity index is 978. The van der Waals surface area contributed by atoms with E-state index in [0.29, 0.717) is 32.7 Å². The maximum atomic E-state index is 12.2. The van der Waals surface area contributed by atoms with E-state index >= 15 is 0 Å². The van der Waals surface area contributed by atoms with E-state index in [1.165, 1.54) is 11.8 Å². The zero-order valence-corrected chi connectivity index (χ0v) is 16.9. The van der Waals surface area contributed by atoms with E-state index in [2.05, 4.69) is 17.5 Å². The molecule has 1 heterocycles. The van der Waals surface area contributed by atoms with Crippen LogP contribution in [0.2, 0.25) is 10.0 Å². The normalized spacial score (nSPS) is 11.1. The molecule has 4 nitrogen and oxygen atoms in total. The van der Waals surface area contributed by atoms with Gasteiger partial charge in [0.1, 0.15) is 11.5 Å². The van der Waals surface area contributed by atoms with Gasteiger partial charge in [0.15, 0.2) is 0 Å². The number of hydrazone groups is 1. The lowest BCUT2D eigenvalue weighted by Crippen LogP contribution is -2.17. The summed E-state index contributed by atoms with van der Waals surface area (Å²) < 4.78 is 5.70. The fourth-order valence-electron chi connectivity index (χ4n) is 2.68. The summed E-state index contributed by atoms with van der Waals surface area (Å²) >= 11 is 12.2. The van der Waals surface area contributed by atoms with Crippen molar-refractivity contribution in [3.63, 3.8) is 0 Å². The lowest BCUT2D eigenvalue weighted by molar-refractivity contribution is 0.0955. The summed E-state index contributed by atoms with van der Waals surface area (Å²) in [4.78, 5) is 12.2. The number of nitrogens with one attached hydrogen (secondary N) is 1. The maximum absolute atomic E-state index is 12.2. The number of benzene rings is 2. The molecule has 3 rings (SSSR count). The van der Waals surface area contributed by atoms with Crippen molar-refractivity contribution < 1.29 is 9.21 Å². The Morgan fingerprint density at radius 1 is 1.11 bits per heavy atom. The van der Waals surface area contributed by atoms with Gasteiger partial charge in [-0.3, -0.25) is 4.79 Å². The largest absolute Gasteiger partial charge is 0.455 e. The lowest BCUT2D eigenvalue weighted by Gasteiger charge is -2.02. The Hall–Kier alpha value is -2.56.